The van der Waals surface area contributed by atoms with Gasteiger partial charge in [0, 0.05) is 6.04 Å². The number of aryl methyl sites for hydroxylation is 1. The molecule has 2 saturated heterocycles. The highest BCUT2D eigenvalue weighted by atomic mass is 16.4. The van der Waals surface area contributed by atoms with E-state index in [2.05, 4.69) is 17.4 Å². The second-order valence-corrected chi connectivity index (χ2v) is 5.61. The maximum Gasteiger partial charge on any atom is 0.324 e. The van der Waals surface area contributed by atoms with Gasteiger partial charge in [-0.15, -0.1) is 0 Å². The van der Waals surface area contributed by atoms with Crippen LogP contribution in [0.15, 0.2) is 30.3 Å². The molecule has 3 atom stereocenters. The van der Waals surface area contributed by atoms with E-state index in [9.17, 15) is 9.90 Å². The highest BCUT2D eigenvalue weighted by Crippen LogP contribution is 2.44. The summed E-state index contributed by atoms with van der Waals surface area (Å²) in [6.07, 6.45) is 4.80. The molecule has 3 heteroatoms. The summed E-state index contributed by atoms with van der Waals surface area (Å²) in [6, 6.07) is 10.8. The zero-order valence-corrected chi connectivity index (χ0v) is 10.4. The Morgan fingerprint density at radius 2 is 2.17 bits per heavy atom. The smallest absolute Gasteiger partial charge is 0.324 e. The van der Waals surface area contributed by atoms with Crippen LogP contribution in [0, 0.1) is 5.92 Å². The molecule has 0 saturated carbocycles. The van der Waals surface area contributed by atoms with Crippen molar-refractivity contribution in [3.63, 3.8) is 0 Å². The maximum absolute atomic E-state index is 11.5. The van der Waals surface area contributed by atoms with Gasteiger partial charge in [0.15, 0.2) is 0 Å². The number of carboxylic acids is 1. The average Bonchev–Trinajstić information content (AvgIpc) is 2.96. The Labute approximate surface area is 107 Å². The van der Waals surface area contributed by atoms with Gasteiger partial charge in [-0.3, -0.25) is 10.1 Å². The second kappa shape index (κ2) is 4.39. The third-order valence-corrected chi connectivity index (χ3v) is 4.62. The summed E-state index contributed by atoms with van der Waals surface area (Å²) in [7, 11) is 0. The van der Waals surface area contributed by atoms with Crippen LogP contribution in [0.25, 0.3) is 0 Å². The van der Waals surface area contributed by atoms with E-state index in [0.717, 1.165) is 32.1 Å². The number of hydrogen-bond donors (Lipinski definition) is 2. The Hall–Kier alpha value is -1.35. The fourth-order valence-electron chi connectivity index (χ4n) is 3.65. The Morgan fingerprint density at radius 1 is 1.39 bits per heavy atom. The second-order valence-electron chi connectivity index (χ2n) is 5.61. The van der Waals surface area contributed by atoms with Gasteiger partial charge < -0.3 is 5.11 Å². The molecule has 3 nitrogen and oxygen atoms in total. The minimum Gasteiger partial charge on any atom is -0.480 e. The van der Waals surface area contributed by atoms with Crippen molar-refractivity contribution in [1.29, 1.82) is 0 Å². The average molecular weight is 245 g/mol. The van der Waals surface area contributed by atoms with Crippen LogP contribution in [0.5, 0.6) is 0 Å². The molecular weight excluding hydrogens is 226 g/mol. The molecule has 1 aromatic rings. The largest absolute Gasteiger partial charge is 0.480 e. The van der Waals surface area contributed by atoms with Gasteiger partial charge in [-0.25, -0.2) is 0 Å². The lowest BCUT2D eigenvalue weighted by Gasteiger charge is -2.30. The number of fused-ring (bicyclic) bond motifs is 2. The van der Waals surface area contributed by atoms with Crippen molar-refractivity contribution >= 4 is 5.97 Å². The van der Waals surface area contributed by atoms with Gasteiger partial charge in [0.05, 0.1) is 0 Å². The molecular formula is C15H19NO2. The molecule has 0 unspecified atom stereocenters. The van der Waals surface area contributed by atoms with Crippen molar-refractivity contribution in [2.75, 3.05) is 0 Å². The molecule has 2 aliphatic rings. The van der Waals surface area contributed by atoms with Crippen molar-refractivity contribution in [3.05, 3.63) is 35.9 Å². The number of carboxylic acid groups (broad SMARTS) is 1. The number of aliphatic carboxylic acids is 1. The van der Waals surface area contributed by atoms with E-state index >= 15 is 0 Å². The lowest BCUT2D eigenvalue weighted by atomic mass is 9.75. The van der Waals surface area contributed by atoms with E-state index in [1.165, 1.54) is 5.56 Å². The van der Waals surface area contributed by atoms with Gasteiger partial charge in [-0.1, -0.05) is 30.3 Å². The predicted molar refractivity (Wildman–Crippen MR) is 69.4 cm³/mol. The molecule has 1 aromatic carbocycles. The Kier molecular flexibility index (Phi) is 2.86. The van der Waals surface area contributed by atoms with Crippen molar-refractivity contribution in [2.24, 2.45) is 5.92 Å². The van der Waals surface area contributed by atoms with Crippen molar-refractivity contribution < 1.29 is 9.90 Å². The summed E-state index contributed by atoms with van der Waals surface area (Å²) in [5.41, 5.74) is 0.681. The fraction of sp³-hybridized carbons (Fsp3) is 0.533. The molecule has 3 rings (SSSR count). The summed E-state index contributed by atoms with van der Waals surface area (Å²) in [6.45, 7) is 0. The van der Waals surface area contributed by atoms with E-state index in [1.54, 1.807) is 0 Å². The molecule has 0 radical (unpaired) electrons. The van der Waals surface area contributed by atoms with Crippen molar-refractivity contribution in [2.45, 2.75) is 43.7 Å². The van der Waals surface area contributed by atoms with Crippen molar-refractivity contribution in [1.82, 2.24) is 5.32 Å². The Morgan fingerprint density at radius 3 is 2.83 bits per heavy atom. The zero-order valence-electron chi connectivity index (χ0n) is 10.4. The standard InChI is InChI=1S/C15H19NO2/c17-14(18)15-9-8-13(16-15)10-12(15)7-6-11-4-2-1-3-5-11/h1-5,12-13,16H,6-10H2,(H,17,18)/t12-,13-,15+/m1/s1. The molecule has 0 amide bonds. The van der Waals surface area contributed by atoms with Gasteiger partial charge in [0.1, 0.15) is 5.54 Å². The van der Waals surface area contributed by atoms with Crippen LogP contribution in [-0.2, 0) is 11.2 Å². The number of hydrogen-bond acceptors (Lipinski definition) is 2. The molecule has 96 valence electrons. The molecule has 2 fully saturated rings. The molecule has 18 heavy (non-hydrogen) atoms. The van der Waals surface area contributed by atoms with Crippen LogP contribution in [0.1, 0.15) is 31.2 Å². The van der Waals surface area contributed by atoms with Gasteiger partial charge in [0.2, 0.25) is 0 Å². The lowest BCUT2D eigenvalue weighted by Crippen LogP contribution is -2.49. The van der Waals surface area contributed by atoms with E-state index in [4.69, 9.17) is 0 Å². The summed E-state index contributed by atoms with van der Waals surface area (Å²) in [4.78, 5) is 11.5. The van der Waals surface area contributed by atoms with E-state index in [0.29, 0.717) is 6.04 Å². The molecule has 0 aromatic heterocycles. The summed E-state index contributed by atoms with van der Waals surface area (Å²) in [5, 5.41) is 12.8. The van der Waals surface area contributed by atoms with Crippen LogP contribution < -0.4 is 5.32 Å². The van der Waals surface area contributed by atoms with E-state index in [1.807, 2.05) is 18.2 Å². The lowest BCUT2D eigenvalue weighted by molar-refractivity contribution is -0.146. The summed E-state index contributed by atoms with van der Waals surface area (Å²) in [5.74, 6) is -0.366. The molecule has 0 aliphatic carbocycles. The minimum absolute atomic E-state index is 0.286. The van der Waals surface area contributed by atoms with E-state index < -0.39 is 11.5 Å². The summed E-state index contributed by atoms with van der Waals surface area (Å²) >= 11 is 0. The number of carbonyl (C=O) groups is 1. The molecule has 2 heterocycles. The zero-order chi connectivity index (χ0) is 12.6. The van der Waals surface area contributed by atoms with Crippen LogP contribution in [0.2, 0.25) is 0 Å². The molecule has 2 bridgehead atoms. The Balaban J connectivity index is 1.68. The fourth-order valence-corrected chi connectivity index (χ4v) is 3.65. The van der Waals surface area contributed by atoms with Gasteiger partial charge >= 0.3 is 5.97 Å². The first-order valence-corrected chi connectivity index (χ1v) is 6.76. The quantitative estimate of drug-likeness (QED) is 0.855. The number of benzene rings is 1. The predicted octanol–water partition coefficient (Wildman–Crippen LogP) is 2.21. The number of nitrogens with one attached hydrogen (secondary N) is 1. The Bertz CT molecular complexity index is 445. The number of rotatable bonds is 4. The van der Waals surface area contributed by atoms with Crippen LogP contribution in [-0.4, -0.2) is 22.7 Å². The highest BCUT2D eigenvalue weighted by molar-refractivity contribution is 5.80. The first kappa shape index (κ1) is 11.7. The van der Waals surface area contributed by atoms with Crippen LogP contribution in [0.4, 0.5) is 0 Å². The van der Waals surface area contributed by atoms with Crippen LogP contribution >= 0.6 is 0 Å². The van der Waals surface area contributed by atoms with E-state index in [-0.39, 0.29) is 5.92 Å². The third-order valence-electron chi connectivity index (χ3n) is 4.62. The minimum atomic E-state index is -0.652. The topological polar surface area (TPSA) is 49.3 Å². The van der Waals surface area contributed by atoms with Gasteiger partial charge in [0.25, 0.3) is 0 Å². The summed E-state index contributed by atoms with van der Waals surface area (Å²) < 4.78 is 0. The highest BCUT2D eigenvalue weighted by Gasteiger charge is 2.56. The normalized spacial score (nSPS) is 33.8. The van der Waals surface area contributed by atoms with Gasteiger partial charge in [-0.2, -0.15) is 0 Å². The van der Waals surface area contributed by atoms with Crippen molar-refractivity contribution in [3.8, 4) is 0 Å². The molecule has 2 N–H and O–H groups in total. The monoisotopic (exact) mass is 245 g/mol. The third kappa shape index (κ3) is 1.83. The van der Waals surface area contributed by atoms with Crippen LogP contribution in [0.3, 0.4) is 0 Å². The maximum atomic E-state index is 11.5. The molecule has 2 aliphatic heterocycles. The first-order chi connectivity index (χ1) is 8.71. The van der Waals surface area contributed by atoms with Gasteiger partial charge in [-0.05, 0) is 43.6 Å². The molecule has 0 spiro atoms. The first-order valence-electron chi connectivity index (χ1n) is 6.76. The SMILES string of the molecule is O=C(O)[C@]12CC[C@H](C[C@H]1CCc1ccccc1)N2.